The summed E-state index contributed by atoms with van der Waals surface area (Å²) in [5.41, 5.74) is -0.312. The van der Waals surface area contributed by atoms with E-state index in [4.69, 9.17) is 4.74 Å². The molecule has 1 heterocycles. The van der Waals surface area contributed by atoms with Crippen LogP contribution in [0.1, 0.15) is 13.8 Å². The van der Waals surface area contributed by atoms with Crippen LogP contribution < -0.4 is 10.3 Å². The molecule has 0 bridgehead atoms. The minimum Gasteiger partial charge on any atom is -0.489 e. The first-order valence-electron chi connectivity index (χ1n) is 4.52. The van der Waals surface area contributed by atoms with Crippen molar-refractivity contribution in [3.8, 4) is 5.75 Å². The lowest BCUT2D eigenvalue weighted by atomic mass is 10.3. The minimum absolute atomic E-state index is 0.0480. The number of aliphatic hydroxyl groups is 1. The van der Waals surface area contributed by atoms with E-state index >= 15 is 0 Å². The molecule has 0 aliphatic carbocycles. The van der Waals surface area contributed by atoms with Gasteiger partial charge in [0.25, 0.3) is 5.56 Å². The van der Waals surface area contributed by atoms with E-state index in [1.165, 1.54) is 25.2 Å². The summed E-state index contributed by atoms with van der Waals surface area (Å²) in [5, 5.41) is 9.79. The largest absolute Gasteiger partial charge is 0.489 e. The molecule has 6 heteroatoms. The minimum atomic E-state index is -0.471. The fourth-order valence-electron chi connectivity index (χ4n) is 0.909. The van der Waals surface area contributed by atoms with Crippen LogP contribution in [-0.2, 0) is 0 Å². The Bertz CT molecular complexity index is 378. The molecule has 0 radical (unpaired) electrons. The van der Waals surface area contributed by atoms with Crippen LogP contribution in [0.15, 0.2) is 16.1 Å². The van der Waals surface area contributed by atoms with Crippen LogP contribution in [0.5, 0.6) is 5.75 Å². The summed E-state index contributed by atoms with van der Waals surface area (Å²) in [5.74, 6) is 0.190. The Hall–Kier alpha value is -1.01. The van der Waals surface area contributed by atoms with E-state index in [2.05, 4.69) is 9.97 Å². The number of aliphatic hydroxyl groups excluding tert-OH is 1. The molecule has 0 aromatic carbocycles. The van der Waals surface area contributed by atoms with Gasteiger partial charge in [-0.3, -0.25) is 4.79 Å². The number of nitrogens with one attached hydrogen (secondary N) is 1. The van der Waals surface area contributed by atoms with Crippen LogP contribution >= 0.6 is 11.8 Å². The summed E-state index contributed by atoms with van der Waals surface area (Å²) in [6, 6.07) is 0. The Morgan fingerprint density at radius 1 is 1.60 bits per heavy atom. The van der Waals surface area contributed by atoms with Gasteiger partial charge >= 0.3 is 0 Å². The number of thioether (sulfide) groups is 1. The first-order valence-corrected chi connectivity index (χ1v) is 5.40. The molecule has 2 unspecified atom stereocenters. The molecule has 0 saturated carbocycles. The van der Waals surface area contributed by atoms with Crippen molar-refractivity contribution in [2.75, 3.05) is 7.11 Å². The van der Waals surface area contributed by atoms with E-state index in [0.29, 0.717) is 5.03 Å². The molecule has 2 N–H and O–H groups in total. The predicted molar refractivity (Wildman–Crippen MR) is 58.4 cm³/mol. The molecule has 0 spiro atoms. The normalized spacial score (nSPS) is 14.7. The van der Waals surface area contributed by atoms with Gasteiger partial charge < -0.3 is 14.8 Å². The molecule has 1 aromatic rings. The van der Waals surface area contributed by atoms with Gasteiger partial charge in [0, 0.05) is 5.25 Å². The third-order valence-electron chi connectivity index (χ3n) is 1.96. The first kappa shape index (κ1) is 12.1. The lowest BCUT2D eigenvalue weighted by molar-refractivity contribution is 0.196. The van der Waals surface area contributed by atoms with Crippen LogP contribution in [0.25, 0.3) is 0 Å². The number of hydrogen-bond donors (Lipinski definition) is 2. The maximum atomic E-state index is 11.3. The summed E-state index contributed by atoms with van der Waals surface area (Å²) < 4.78 is 4.95. The number of aromatic amines is 1. The number of aromatic nitrogens is 2. The lowest BCUT2D eigenvalue weighted by Gasteiger charge is -2.14. The van der Waals surface area contributed by atoms with Gasteiger partial charge in [0.2, 0.25) is 5.75 Å². The number of H-pyrrole nitrogens is 1. The maximum absolute atomic E-state index is 11.3. The van der Waals surface area contributed by atoms with Crippen molar-refractivity contribution in [2.45, 2.75) is 30.2 Å². The standard InChI is InChI=1S/C9H14N2O3S/c1-5(12)6(2)15-9-7(14-3)8(13)10-4-11-9/h4-6,12H,1-3H3,(H,10,11,13). The highest BCUT2D eigenvalue weighted by Crippen LogP contribution is 2.28. The molecule has 1 aromatic heterocycles. The SMILES string of the molecule is COc1c(SC(C)C(C)O)nc[nH]c1=O. The van der Waals surface area contributed by atoms with Crippen LogP contribution in [-0.4, -0.2) is 33.5 Å². The Balaban J connectivity index is 2.94. The highest BCUT2D eigenvalue weighted by Gasteiger charge is 2.16. The molecule has 0 aliphatic rings. The van der Waals surface area contributed by atoms with Crippen molar-refractivity contribution in [1.29, 1.82) is 0 Å². The summed E-state index contributed by atoms with van der Waals surface area (Å²) in [6.07, 6.45) is 0.850. The second kappa shape index (κ2) is 5.18. The molecular weight excluding hydrogens is 216 g/mol. The molecule has 0 aliphatic heterocycles. The molecule has 2 atom stereocenters. The van der Waals surface area contributed by atoms with E-state index < -0.39 is 6.10 Å². The number of hydrogen-bond acceptors (Lipinski definition) is 5. The van der Waals surface area contributed by atoms with Gasteiger partial charge in [0.15, 0.2) is 0 Å². The van der Waals surface area contributed by atoms with Gasteiger partial charge in [-0.15, -0.1) is 0 Å². The smallest absolute Gasteiger partial charge is 0.294 e. The van der Waals surface area contributed by atoms with E-state index in [1.807, 2.05) is 6.92 Å². The van der Waals surface area contributed by atoms with Crippen molar-refractivity contribution in [2.24, 2.45) is 0 Å². The molecular formula is C9H14N2O3S. The predicted octanol–water partition coefficient (Wildman–Crippen LogP) is 0.640. The molecule has 1 rings (SSSR count). The summed E-state index contributed by atoms with van der Waals surface area (Å²) >= 11 is 1.31. The third kappa shape index (κ3) is 2.97. The lowest BCUT2D eigenvalue weighted by Crippen LogP contribution is -2.17. The van der Waals surface area contributed by atoms with Crippen molar-refractivity contribution < 1.29 is 9.84 Å². The molecule has 15 heavy (non-hydrogen) atoms. The van der Waals surface area contributed by atoms with Crippen molar-refractivity contribution in [1.82, 2.24) is 9.97 Å². The Morgan fingerprint density at radius 2 is 2.27 bits per heavy atom. The van der Waals surface area contributed by atoms with Gasteiger partial charge in [-0.1, -0.05) is 18.7 Å². The average molecular weight is 230 g/mol. The van der Waals surface area contributed by atoms with Gasteiger partial charge in [-0.05, 0) is 6.92 Å². The van der Waals surface area contributed by atoms with Crippen molar-refractivity contribution >= 4 is 11.8 Å². The number of methoxy groups -OCH3 is 1. The van der Waals surface area contributed by atoms with Crippen molar-refractivity contribution in [3.63, 3.8) is 0 Å². The molecule has 0 fully saturated rings. The van der Waals surface area contributed by atoms with Gasteiger partial charge in [0.05, 0.1) is 19.5 Å². The molecule has 0 amide bonds. The second-order valence-electron chi connectivity index (χ2n) is 3.13. The Labute approximate surface area is 91.9 Å². The summed E-state index contributed by atoms with van der Waals surface area (Å²) in [7, 11) is 1.42. The van der Waals surface area contributed by atoms with E-state index in [-0.39, 0.29) is 16.6 Å². The topological polar surface area (TPSA) is 75.2 Å². The van der Waals surface area contributed by atoms with E-state index in [1.54, 1.807) is 6.92 Å². The summed E-state index contributed by atoms with van der Waals surface area (Å²) in [6.45, 7) is 3.55. The zero-order valence-corrected chi connectivity index (χ0v) is 9.67. The average Bonchev–Trinajstić information content (AvgIpc) is 2.18. The maximum Gasteiger partial charge on any atom is 0.294 e. The Morgan fingerprint density at radius 3 is 2.80 bits per heavy atom. The van der Waals surface area contributed by atoms with Gasteiger partial charge in [-0.2, -0.15) is 0 Å². The number of rotatable bonds is 4. The fourth-order valence-corrected chi connectivity index (χ4v) is 1.86. The molecule has 0 saturated heterocycles. The van der Waals surface area contributed by atoms with Crippen LogP contribution in [0.3, 0.4) is 0 Å². The van der Waals surface area contributed by atoms with Crippen molar-refractivity contribution in [3.05, 3.63) is 16.7 Å². The van der Waals surface area contributed by atoms with E-state index in [9.17, 15) is 9.90 Å². The fraction of sp³-hybridized carbons (Fsp3) is 0.556. The monoisotopic (exact) mass is 230 g/mol. The van der Waals surface area contributed by atoms with E-state index in [0.717, 1.165) is 0 Å². The zero-order chi connectivity index (χ0) is 11.4. The van der Waals surface area contributed by atoms with Crippen LogP contribution in [0.4, 0.5) is 0 Å². The zero-order valence-electron chi connectivity index (χ0n) is 8.85. The van der Waals surface area contributed by atoms with Crippen LogP contribution in [0, 0.1) is 0 Å². The quantitative estimate of drug-likeness (QED) is 0.586. The molecule has 84 valence electrons. The third-order valence-corrected chi connectivity index (χ3v) is 3.24. The highest BCUT2D eigenvalue weighted by atomic mass is 32.2. The number of nitrogens with zero attached hydrogens (tertiary/aromatic N) is 1. The van der Waals surface area contributed by atoms with Gasteiger partial charge in [0.1, 0.15) is 5.03 Å². The Kier molecular flexibility index (Phi) is 4.16. The molecule has 5 nitrogen and oxygen atoms in total. The first-order chi connectivity index (χ1) is 7.06. The number of ether oxygens (including phenoxy) is 1. The highest BCUT2D eigenvalue weighted by molar-refractivity contribution is 8.00. The van der Waals surface area contributed by atoms with Crippen LogP contribution in [0.2, 0.25) is 0 Å². The second-order valence-corrected chi connectivity index (χ2v) is 4.50. The summed E-state index contributed by atoms with van der Waals surface area (Å²) in [4.78, 5) is 17.8. The van der Waals surface area contributed by atoms with Gasteiger partial charge in [-0.25, -0.2) is 4.98 Å².